The van der Waals surface area contributed by atoms with Crippen molar-refractivity contribution in [3.05, 3.63) is 95.2 Å². The summed E-state index contributed by atoms with van der Waals surface area (Å²) in [6.07, 6.45) is 4.02. The summed E-state index contributed by atoms with van der Waals surface area (Å²) in [4.78, 5) is 23.5. The first-order valence-electron chi connectivity index (χ1n) is 12.9. The number of methoxy groups -OCH3 is 1. The maximum Gasteiger partial charge on any atom is 0.224 e. The smallest absolute Gasteiger partial charge is 0.224 e. The number of ether oxygens (including phenoxy) is 1. The van der Waals surface area contributed by atoms with Gasteiger partial charge in [-0.15, -0.1) is 0 Å². The van der Waals surface area contributed by atoms with E-state index in [0.29, 0.717) is 23.0 Å². The Kier molecular flexibility index (Phi) is 7.34. The van der Waals surface area contributed by atoms with Gasteiger partial charge in [0.05, 0.1) is 30.6 Å². The van der Waals surface area contributed by atoms with Gasteiger partial charge in [0.1, 0.15) is 11.6 Å². The van der Waals surface area contributed by atoms with Gasteiger partial charge in [0.2, 0.25) is 5.91 Å². The second-order valence-corrected chi connectivity index (χ2v) is 10.0. The number of nitrogens with one attached hydrogen (secondary N) is 2. The minimum atomic E-state index is -0.196. The molecule has 9 heteroatoms. The molecule has 1 aliphatic rings. The summed E-state index contributed by atoms with van der Waals surface area (Å²) >= 11 is 5.93. The topological polar surface area (TPSA) is 84.3 Å². The lowest BCUT2D eigenvalue weighted by atomic mass is 9.96. The molecule has 1 aliphatic heterocycles. The first kappa shape index (κ1) is 26.4. The number of rotatable bonds is 7. The van der Waals surface area contributed by atoms with Crippen molar-refractivity contribution in [2.45, 2.75) is 46.2 Å². The normalized spacial score (nSPS) is 16.7. The van der Waals surface area contributed by atoms with Crippen LogP contribution in [0, 0.1) is 20.8 Å². The fourth-order valence-corrected chi connectivity index (χ4v) is 5.55. The lowest BCUT2D eigenvalue weighted by Gasteiger charge is -2.29. The number of anilines is 2. The van der Waals surface area contributed by atoms with Crippen LogP contribution in [0.5, 0.6) is 5.75 Å². The molecule has 8 nitrogen and oxygen atoms in total. The molecular formula is C30H32N6O2S. The number of benzene rings is 1. The van der Waals surface area contributed by atoms with Crippen LogP contribution in [0.3, 0.4) is 0 Å². The molecule has 0 aliphatic carbocycles. The summed E-state index contributed by atoms with van der Waals surface area (Å²) < 4.78 is 7.85. The molecule has 1 saturated heterocycles. The van der Waals surface area contributed by atoms with Crippen LogP contribution in [0.1, 0.15) is 53.6 Å². The van der Waals surface area contributed by atoms with E-state index in [9.17, 15) is 4.79 Å². The number of amides is 1. The van der Waals surface area contributed by atoms with Crippen LogP contribution in [0.4, 0.5) is 11.4 Å². The Hall–Kier alpha value is -4.24. The third kappa shape index (κ3) is 4.97. The average molecular weight is 541 g/mol. The highest BCUT2D eigenvalue weighted by atomic mass is 32.1. The summed E-state index contributed by atoms with van der Waals surface area (Å²) in [7, 11) is 1.60. The highest BCUT2D eigenvalue weighted by molar-refractivity contribution is 7.80. The molecule has 39 heavy (non-hydrogen) atoms. The summed E-state index contributed by atoms with van der Waals surface area (Å²) in [5.41, 5.74) is 6.77. The van der Waals surface area contributed by atoms with E-state index in [1.807, 2.05) is 55.6 Å². The Balaban J connectivity index is 1.65. The van der Waals surface area contributed by atoms with Gasteiger partial charge in [-0.1, -0.05) is 13.0 Å². The number of carbonyl (C=O) groups excluding carboxylic acids is 1. The van der Waals surface area contributed by atoms with Crippen molar-refractivity contribution in [2.75, 3.05) is 17.3 Å². The monoisotopic (exact) mass is 540 g/mol. The predicted octanol–water partition coefficient (Wildman–Crippen LogP) is 5.73. The molecular weight excluding hydrogens is 508 g/mol. The van der Waals surface area contributed by atoms with Crippen molar-refractivity contribution >= 4 is 34.6 Å². The number of nitrogens with zero attached hydrogens (tertiary/aromatic N) is 4. The fraction of sp³-hybridized carbons (Fsp3) is 0.267. The minimum Gasteiger partial charge on any atom is -0.494 e. The van der Waals surface area contributed by atoms with Gasteiger partial charge in [0.15, 0.2) is 5.11 Å². The molecule has 3 aromatic heterocycles. The molecule has 0 saturated carbocycles. The zero-order valence-electron chi connectivity index (χ0n) is 22.7. The molecule has 0 unspecified atom stereocenters. The molecule has 1 amide bonds. The molecule has 0 radical (unpaired) electrons. The maximum absolute atomic E-state index is 12.1. The molecule has 2 N–H and O–H groups in total. The number of aromatic nitrogens is 3. The number of carbonyl (C=O) groups is 1. The summed E-state index contributed by atoms with van der Waals surface area (Å²) in [5.74, 6) is 1.36. The summed E-state index contributed by atoms with van der Waals surface area (Å²) in [6, 6.07) is 17.5. The van der Waals surface area contributed by atoms with Crippen LogP contribution in [0.2, 0.25) is 0 Å². The van der Waals surface area contributed by atoms with Crippen LogP contribution in [0.15, 0.2) is 67.0 Å². The van der Waals surface area contributed by atoms with Crippen LogP contribution >= 0.6 is 12.2 Å². The number of aryl methyl sites for hydroxylation is 2. The lowest BCUT2D eigenvalue weighted by molar-refractivity contribution is -0.115. The predicted molar refractivity (Wildman–Crippen MR) is 158 cm³/mol. The summed E-state index contributed by atoms with van der Waals surface area (Å²) in [5, 5.41) is 7.02. The largest absolute Gasteiger partial charge is 0.494 e. The Morgan fingerprint density at radius 3 is 2.59 bits per heavy atom. The molecule has 1 aromatic carbocycles. The van der Waals surface area contributed by atoms with E-state index >= 15 is 0 Å². The van der Waals surface area contributed by atoms with Crippen molar-refractivity contribution < 1.29 is 9.53 Å². The SMILES string of the molecule is CCC(=O)Nc1ccc(N2C(=S)N[C@@H](c3ccccn3)[C@@H]2c2cc(C)n(-c3cc(C)ccn3)c2C)cc1OC. The Bertz CT molecular complexity index is 1530. The van der Waals surface area contributed by atoms with E-state index < -0.39 is 0 Å². The molecule has 200 valence electrons. The standard InChI is InChI=1S/C30H32N6O2S/c1-6-27(37)33-23-11-10-21(17-25(23)38-5)36-29(28(34-30(36)39)24-9-7-8-13-31-24)22-16-19(3)35(20(22)4)26-15-18(2)12-14-32-26/h7-17,28-29H,6H2,1-5H3,(H,33,37)(H,34,39)/t28-,29-/m0/s1. The number of pyridine rings is 2. The van der Waals surface area contributed by atoms with Gasteiger partial charge in [-0.3, -0.25) is 9.78 Å². The molecule has 0 spiro atoms. The van der Waals surface area contributed by atoms with Gasteiger partial charge in [0.25, 0.3) is 0 Å². The van der Waals surface area contributed by atoms with E-state index in [2.05, 4.69) is 63.0 Å². The Morgan fingerprint density at radius 1 is 1.08 bits per heavy atom. The zero-order valence-corrected chi connectivity index (χ0v) is 23.5. The highest BCUT2D eigenvalue weighted by Crippen LogP contribution is 2.45. The van der Waals surface area contributed by atoms with Crippen LogP contribution in [0.25, 0.3) is 5.82 Å². The van der Waals surface area contributed by atoms with E-state index in [4.69, 9.17) is 17.0 Å². The van der Waals surface area contributed by atoms with E-state index in [-0.39, 0.29) is 18.0 Å². The van der Waals surface area contributed by atoms with Crippen LogP contribution in [-0.2, 0) is 4.79 Å². The van der Waals surface area contributed by atoms with Crippen LogP contribution < -0.4 is 20.3 Å². The second-order valence-electron chi connectivity index (χ2n) is 9.64. The Labute approximate surface area is 234 Å². The molecule has 1 fully saturated rings. The van der Waals surface area contributed by atoms with Gasteiger partial charge < -0.3 is 24.8 Å². The van der Waals surface area contributed by atoms with Gasteiger partial charge in [-0.2, -0.15) is 0 Å². The second kappa shape index (κ2) is 10.9. The Morgan fingerprint density at radius 2 is 1.90 bits per heavy atom. The lowest BCUT2D eigenvalue weighted by Crippen LogP contribution is -2.29. The molecule has 4 heterocycles. The number of hydrogen-bond acceptors (Lipinski definition) is 5. The molecule has 0 bridgehead atoms. The third-order valence-corrected chi connectivity index (χ3v) is 7.39. The van der Waals surface area contributed by atoms with Gasteiger partial charge >= 0.3 is 0 Å². The zero-order chi connectivity index (χ0) is 27.7. The molecule has 2 atom stereocenters. The van der Waals surface area contributed by atoms with E-state index in [0.717, 1.165) is 39.7 Å². The van der Waals surface area contributed by atoms with Gasteiger partial charge in [0, 0.05) is 42.0 Å². The third-order valence-electron chi connectivity index (χ3n) is 7.08. The van der Waals surface area contributed by atoms with E-state index in [1.54, 1.807) is 13.3 Å². The van der Waals surface area contributed by atoms with E-state index in [1.165, 1.54) is 0 Å². The van der Waals surface area contributed by atoms with Crippen LogP contribution in [-0.4, -0.2) is 32.7 Å². The minimum absolute atomic E-state index is 0.0790. The number of hydrogen-bond donors (Lipinski definition) is 2. The number of thiocarbonyl (C=S) groups is 1. The van der Waals surface area contributed by atoms with Crippen molar-refractivity contribution in [3.63, 3.8) is 0 Å². The molecule has 5 rings (SSSR count). The van der Waals surface area contributed by atoms with Gasteiger partial charge in [-0.25, -0.2) is 4.98 Å². The maximum atomic E-state index is 12.1. The average Bonchev–Trinajstić information content (AvgIpc) is 3.43. The van der Waals surface area contributed by atoms with Crippen molar-refractivity contribution in [2.24, 2.45) is 0 Å². The first-order chi connectivity index (χ1) is 18.8. The summed E-state index contributed by atoms with van der Waals surface area (Å²) in [6.45, 7) is 8.09. The van der Waals surface area contributed by atoms with Gasteiger partial charge in [-0.05, 0) is 86.6 Å². The van der Waals surface area contributed by atoms with Crippen molar-refractivity contribution in [1.29, 1.82) is 0 Å². The van der Waals surface area contributed by atoms with Crippen molar-refractivity contribution in [1.82, 2.24) is 19.9 Å². The van der Waals surface area contributed by atoms with Crippen molar-refractivity contribution in [3.8, 4) is 11.6 Å². The highest BCUT2D eigenvalue weighted by Gasteiger charge is 2.42. The quantitative estimate of drug-likeness (QED) is 0.290. The fourth-order valence-electron chi connectivity index (χ4n) is 5.20. The first-order valence-corrected chi connectivity index (χ1v) is 13.3. The molecule has 4 aromatic rings.